The predicted octanol–water partition coefficient (Wildman–Crippen LogP) is 0.337. The third-order valence-corrected chi connectivity index (χ3v) is 17.2. The molecule has 10 atom stereocenters. The lowest BCUT2D eigenvalue weighted by Gasteiger charge is -2.38. The Morgan fingerprint density at radius 2 is 1.58 bits per heavy atom. The number of carboxylic acids is 1. The van der Waals surface area contributed by atoms with Crippen molar-refractivity contribution in [3.63, 3.8) is 0 Å². The largest absolute Gasteiger partial charge is 0.479 e. The van der Waals surface area contributed by atoms with Crippen molar-refractivity contribution in [2.45, 2.75) is 187 Å². The van der Waals surface area contributed by atoms with Gasteiger partial charge in [-0.2, -0.15) is 0 Å². The Hall–Kier alpha value is -8.53. The van der Waals surface area contributed by atoms with E-state index in [0.29, 0.717) is 46.2 Å². The zero-order chi connectivity index (χ0) is 70.1. The number of aliphatic hydroxyl groups is 4. The second-order valence-electron chi connectivity index (χ2n) is 26.2. The molecule has 0 radical (unpaired) electrons. The number of alkyl carbamates (subject to hydrolysis) is 1. The number of carbonyl (C=O) groups excluding carboxylic acids is 9. The van der Waals surface area contributed by atoms with Gasteiger partial charge in [-0.05, 0) is 103 Å². The van der Waals surface area contributed by atoms with Gasteiger partial charge in [-0.3, -0.25) is 38.5 Å². The quantitative estimate of drug-likeness (QED) is 0.0141. The van der Waals surface area contributed by atoms with Crippen LogP contribution in [0.2, 0.25) is 0 Å². The number of rotatable bonds is 25. The van der Waals surface area contributed by atoms with Crippen LogP contribution in [0.4, 0.5) is 14.0 Å². The van der Waals surface area contributed by atoms with Crippen LogP contribution in [0.3, 0.4) is 0 Å². The number of aryl methyl sites for hydroxylation is 1. The summed E-state index contributed by atoms with van der Waals surface area (Å²) in [7, 11) is 0. The highest BCUT2D eigenvalue weighted by atomic mass is 19.1. The molecule has 4 aliphatic heterocycles. The normalized spacial score (nSPS) is 22.3. The van der Waals surface area contributed by atoms with Gasteiger partial charge >= 0.3 is 24.1 Å². The van der Waals surface area contributed by atoms with Gasteiger partial charge in [-0.15, -0.1) is 0 Å². The Balaban J connectivity index is 0.930. The average Bonchev–Trinajstić information content (AvgIpc) is 1.61. The first-order valence-electron chi connectivity index (χ1n) is 31.1. The molecule has 3 aromatic rings. The van der Waals surface area contributed by atoms with Crippen LogP contribution in [-0.2, 0) is 92.0 Å². The number of hydrogen-bond acceptors (Lipinski definition) is 22. The van der Waals surface area contributed by atoms with E-state index in [4.69, 9.17) is 33.4 Å². The topological polar surface area (TPSA) is 429 Å². The van der Waals surface area contributed by atoms with Crippen LogP contribution in [0.15, 0.2) is 29.1 Å². The maximum absolute atomic E-state index is 15.6. The van der Waals surface area contributed by atoms with Gasteiger partial charge in [-0.1, -0.05) is 20.8 Å². The number of imide groups is 1. The van der Waals surface area contributed by atoms with Gasteiger partial charge in [0.15, 0.2) is 18.0 Å². The number of nitrogens with zero attached hydrogens (tertiary/aromatic N) is 4. The van der Waals surface area contributed by atoms with Crippen molar-refractivity contribution in [3.05, 3.63) is 73.8 Å². The summed E-state index contributed by atoms with van der Waals surface area (Å²) >= 11 is 0. The minimum Gasteiger partial charge on any atom is -0.479 e. The summed E-state index contributed by atoms with van der Waals surface area (Å²) < 4.78 is 49.8. The van der Waals surface area contributed by atoms with Gasteiger partial charge in [0.25, 0.3) is 17.4 Å². The fourth-order valence-electron chi connectivity index (χ4n) is 11.8. The van der Waals surface area contributed by atoms with Gasteiger partial charge in [0.1, 0.15) is 61.8 Å². The van der Waals surface area contributed by atoms with E-state index in [0.717, 1.165) is 22.0 Å². The molecular formula is C63H82FN9O22. The molecule has 0 spiro atoms. The van der Waals surface area contributed by atoms with Crippen LogP contribution >= 0.6 is 0 Å². The van der Waals surface area contributed by atoms with E-state index in [9.17, 15) is 78.3 Å². The first kappa shape index (κ1) is 72.3. The summed E-state index contributed by atoms with van der Waals surface area (Å²) in [6, 6.07) is -2.86. The molecule has 95 heavy (non-hydrogen) atoms. The Morgan fingerprint density at radius 1 is 0.895 bits per heavy atom. The van der Waals surface area contributed by atoms with E-state index < -0.39 is 181 Å². The van der Waals surface area contributed by atoms with Crippen LogP contribution in [0, 0.1) is 24.1 Å². The van der Waals surface area contributed by atoms with Crippen LogP contribution in [0.5, 0.6) is 0 Å². The Morgan fingerprint density at radius 3 is 2.21 bits per heavy atom. The minimum atomic E-state index is -2.11. The molecular weight excluding hydrogens is 1250 g/mol. The molecule has 0 bridgehead atoms. The zero-order valence-electron chi connectivity index (χ0n) is 54.5. The molecule has 10 N–H and O–H groups in total. The second kappa shape index (κ2) is 28.8. The summed E-state index contributed by atoms with van der Waals surface area (Å²) in [5.74, 6) is -8.58. The number of amides is 8. The number of aromatic nitrogens is 2. The van der Waals surface area contributed by atoms with Crippen LogP contribution in [0.1, 0.15) is 128 Å². The Bertz CT molecular complexity index is 3640. The highest BCUT2D eigenvalue weighted by molar-refractivity contribution is 6.13. The van der Waals surface area contributed by atoms with Crippen molar-refractivity contribution in [2.75, 3.05) is 39.6 Å². The standard InChI is InChI=1S/C63H82FN9O22/c1-12-63(89)35-19-40-47-33(22-72(40)54(82)34(35)24-92-58(63)86)45-37(14-13-32-30(6)36(64)20-38(67-47)44(32)45)69-57(85)62(10,11)26-90-27-66-52(80)39(25-91-56-50(79)48(77)49(78)51(94-56)55(83)84)68-53(81)46(28(2)3)70-41(74)17-18-71(29(4)5)60(88)93-23-31(73-42(75)15-16-43(73)76)21-65-59(87)95-61(7,8)9/h15-16,19-20,28-29,31,37,39,46,48-51,56,77-79,89H,12-14,17-18,21-27H2,1-11H3,(H,65,87)(H,66,80)(H,68,81)(H,69,85)(H,70,74)(H,83,84)/t31-,37-,39-,46-,48-,49-,50+,51-,56+,63-/m0/s1. The van der Waals surface area contributed by atoms with Crippen molar-refractivity contribution in [3.8, 4) is 11.4 Å². The van der Waals surface area contributed by atoms with Crippen molar-refractivity contribution in [1.29, 1.82) is 0 Å². The van der Waals surface area contributed by atoms with Crippen molar-refractivity contribution < 1.29 is 106 Å². The van der Waals surface area contributed by atoms with Gasteiger partial charge in [0.2, 0.25) is 23.6 Å². The van der Waals surface area contributed by atoms with E-state index >= 15 is 4.39 Å². The SMILES string of the molecule is CC[C@@]1(O)C(=O)OCc2c1cc1n(c2=O)Cc2c-1nc1cc(F)c(C)c3c1c2[C@@H](NC(=O)C(C)(C)COCNC(=O)[C@H](CO[C@@H]1O[C@H](C(=O)O)[C@@H](O)[C@H](O)[C@H]1O)NC(=O)[C@@H](NC(=O)CCN(C(=O)OC[C@H](CNC(=O)OC(C)(C)C)N1C(=O)C=CC1=O)C(C)C)C(C)C)CC3. The average molecular weight is 1340 g/mol. The number of aliphatic carboxylic acids is 1. The van der Waals surface area contributed by atoms with Gasteiger partial charge < -0.3 is 90.0 Å². The number of benzene rings is 1. The van der Waals surface area contributed by atoms with Crippen LogP contribution in [0.25, 0.3) is 22.3 Å². The number of aliphatic hydroxyl groups excluding tert-OH is 3. The molecule has 8 amide bonds. The molecule has 1 aromatic carbocycles. The number of ether oxygens (including phenoxy) is 6. The number of nitrogens with one attached hydrogen (secondary N) is 5. The lowest BCUT2D eigenvalue weighted by Crippen LogP contribution is -2.61. The molecule has 5 aliphatic rings. The van der Waals surface area contributed by atoms with E-state index in [2.05, 4.69) is 26.6 Å². The minimum absolute atomic E-state index is 0.0140. The number of cyclic esters (lactones) is 1. The molecule has 31 nitrogen and oxygen atoms in total. The molecule has 1 fully saturated rings. The highest BCUT2D eigenvalue weighted by Crippen LogP contribution is 2.46. The maximum atomic E-state index is 15.6. The van der Waals surface area contributed by atoms with Crippen molar-refractivity contribution in [2.24, 2.45) is 11.3 Å². The highest BCUT2D eigenvalue weighted by Gasteiger charge is 2.49. The van der Waals surface area contributed by atoms with E-state index in [1.807, 2.05) is 0 Å². The molecule has 1 saturated heterocycles. The number of halogens is 1. The first-order valence-corrected chi connectivity index (χ1v) is 31.1. The molecule has 518 valence electrons. The number of pyridine rings is 2. The molecule has 8 rings (SSSR count). The first-order chi connectivity index (χ1) is 44.5. The molecule has 32 heteroatoms. The lowest BCUT2D eigenvalue weighted by atomic mass is 9.81. The van der Waals surface area contributed by atoms with Gasteiger partial charge in [-0.25, -0.2) is 28.6 Å². The molecule has 0 saturated carbocycles. The van der Waals surface area contributed by atoms with Crippen LogP contribution in [-0.4, -0.2) is 205 Å². The Kier molecular flexibility index (Phi) is 21.9. The lowest BCUT2D eigenvalue weighted by molar-refractivity contribution is -0.294. The van der Waals surface area contributed by atoms with Crippen molar-refractivity contribution in [1.82, 2.24) is 45.9 Å². The van der Waals surface area contributed by atoms with Gasteiger partial charge in [0, 0.05) is 60.3 Å². The molecule has 1 aliphatic carbocycles. The summed E-state index contributed by atoms with van der Waals surface area (Å²) in [6.45, 7) is 14.1. The smallest absolute Gasteiger partial charge is 0.410 e. The summed E-state index contributed by atoms with van der Waals surface area (Å²) in [6.07, 6.45) is -10.1. The summed E-state index contributed by atoms with van der Waals surface area (Å²) in [4.78, 5) is 154. The second-order valence-corrected chi connectivity index (χ2v) is 26.2. The fourth-order valence-corrected chi connectivity index (χ4v) is 11.8. The third-order valence-electron chi connectivity index (χ3n) is 17.2. The third kappa shape index (κ3) is 15.4. The molecule has 2 aromatic heterocycles. The number of hydrogen-bond donors (Lipinski definition) is 10. The van der Waals surface area contributed by atoms with E-state index in [-0.39, 0.29) is 61.6 Å². The van der Waals surface area contributed by atoms with E-state index in [1.165, 1.54) is 16.7 Å². The summed E-state index contributed by atoms with van der Waals surface area (Å²) in [5, 5.41) is 66.3. The number of esters is 1. The monoisotopic (exact) mass is 1340 g/mol. The molecule has 6 heterocycles. The number of fused-ring (bicyclic) bond motifs is 5. The maximum Gasteiger partial charge on any atom is 0.410 e. The van der Waals surface area contributed by atoms with Crippen LogP contribution < -0.4 is 32.1 Å². The Labute approximate surface area is 544 Å². The predicted molar refractivity (Wildman–Crippen MR) is 327 cm³/mol. The van der Waals surface area contributed by atoms with E-state index in [1.54, 1.807) is 76.2 Å². The number of carboxylic acid groups (broad SMARTS) is 1. The molecule has 0 unspecified atom stereocenters. The fraction of sp³-hybridized carbons (Fsp3) is 0.587. The number of carbonyl (C=O) groups is 10. The zero-order valence-corrected chi connectivity index (χ0v) is 54.5. The van der Waals surface area contributed by atoms with Crippen molar-refractivity contribution >= 4 is 70.5 Å². The summed E-state index contributed by atoms with van der Waals surface area (Å²) in [5.41, 5.74) is -1.65. The van der Waals surface area contributed by atoms with Gasteiger partial charge in [0.05, 0.1) is 59.7 Å².